The van der Waals surface area contributed by atoms with Crippen LogP contribution in [-0.2, 0) is 10.0 Å². The molecule has 0 heterocycles. The normalized spacial score (nSPS) is 12.2. The Morgan fingerprint density at radius 3 is 2.30 bits per heavy atom. The summed E-state index contributed by atoms with van der Waals surface area (Å²) in [6, 6.07) is 17.5. The summed E-state index contributed by atoms with van der Waals surface area (Å²) in [6.45, 7) is 5.53. The molecule has 2 aromatic carbocycles. The van der Waals surface area contributed by atoms with Crippen LogP contribution in [0.3, 0.4) is 0 Å². The number of aryl methyl sites for hydroxylation is 1. The molecule has 4 nitrogen and oxygen atoms in total. The van der Waals surface area contributed by atoms with Gasteiger partial charge in [0.2, 0.25) is 0 Å². The van der Waals surface area contributed by atoms with E-state index in [1.54, 1.807) is 48.5 Å². The molecule has 0 aliphatic rings. The molecule has 23 heavy (non-hydrogen) atoms. The molecular weight excluding hydrogens is 308 g/mol. The van der Waals surface area contributed by atoms with Gasteiger partial charge in [0, 0.05) is 0 Å². The highest BCUT2D eigenvalue weighted by Gasteiger charge is 2.26. The van der Waals surface area contributed by atoms with Crippen LogP contribution >= 0.6 is 0 Å². The van der Waals surface area contributed by atoms with E-state index in [0.29, 0.717) is 5.69 Å². The molecule has 0 aliphatic heterocycles. The van der Waals surface area contributed by atoms with Crippen LogP contribution in [0.1, 0.15) is 5.56 Å². The molecule has 118 valence electrons. The number of nitrogens with zero attached hydrogens (tertiary/aromatic N) is 2. The minimum absolute atomic E-state index is 0.0280. The summed E-state index contributed by atoms with van der Waals surface area (Å²) in [4.78, 5) is 0.202. The Kier molecular flexibility index (Phi) is 5.20. The van der Waals surface area contributed by atoms with Gasteiger partial charge in [-0.2, -0.15) is 5.26 Å². The largest absolute Gasteiger partial charge is 0.265 e. The van der Waals surface area contributed by atoms with Crippen molar-refractivity contribution >= 4 is 15.7 Å². The first kappa shape index (κ1) is 16.8. The van der Waals surface area contributed by atoms with Gasteiger partial charge >= 0.3 is 0 Å². The molecule has 0 amide bonds. The Morgan fingerprint density at radius 2 is 1.78 bits per heavy atom. The number of hydrogen-bond donors (Lipinski definition) is 0. The van der Waals surface area contributed by atoms with Gasteiger partial charge in [0.25, 0.3) is 10.0 Å². The second kappa shape index (κ2) is 7.12. The van der Waals surface area contributed by atoms with E-state index in [2.05, 4.69) is 12.6 Å². The molecule has 0 saturated carbocycles. The van der Waals surface area contributed by atoms with Crippen molar-refractivity contribution in [3.8, 4) is 6.07 Å². The fourth-order valence-electron chi connectivity index (χ4n) is 2.12. The van der Waals surface area contributed by atoms with Crippen LogP contribution in [0.15, 0.2) is 72.1 Å². The fraction of sp³-hybridized carbons (Fsp3) is 0.167. The van der Waals surface area contributed by atoms with Gasteiger partial charge in [-0.1, -0.05) is 42.0 Å². The van der Waals surface area contributed by atoms with Crippen LogP contribution in [0.4, 0.5) is 5.69 Å². The summed E-state index contributed by atoms with van der Waals surface area (Å²) < 4.78 is 27.2. The summed E-state index contributed by atoms with van der Waals surface area (Å²) >= 11 is 0. The van der Waals surface area contributed by atoms with Crippen LogP contribution in [-0.4, -0.2) is 15.0 Å². The van der Waals surface area contributed by atoms with Gasteiger partial charge in [-0.3, -0.25) is 4.31 Å². The van der Waals surface area contributed by atoms with Crippen LogP contribution in [0, 0.1) is 24.2 Å². The maximum absolute atomic E-state index is 13.0. The molecule has 0 saturated heterocycles. The molecule has 0 N–H and O–H groups in total. The van der Waals surface area contributed by atoms with E-state index in [0.717, 1.165) is 5.56 Å². The zero-order valence-corrected chi connectivity index (χ0v) is 13.7. The molecule has 1 atom stereocenters. The maximum atomic E-state index is 13.0. The number of benzene rings is 2. The van der Waals surface area contributed by atoms with Crippen molar-refractivity contribution < 1.29 is 8.42 Å². The molecule has 5 heteroatoms. The summed E-state index contributed by atoms with van der Waals surface area (Å²) in [5.74, 6) is -0.588. The Hall–Kier alpha value is -2.58. The Balaban J connectivity index is 2.50. The van der Waals surface area contributed by atoms with Crippen molar-refractivity contribution in [3.63, 3.8) is 0 Å². The predicted molar refractivity (Wildman–Crippen MR) is 91.5 cm³/mol. The third-order valence-corrected chi connectivity index (χ3v) is 5.27. The number of hydrogen-bond acceptors (Lipinski definition) is 3. The summed E-state index contributed by atoms with van der Waals surface area (Å²) in [6.07, 6.45) is 1.46. The number of para-hydroxylation sites is 1. The molecule has 0 spiro atoms. The quantitative estimate of drug-likeness (QED) is 0.763. The van der Waals surface area contributed by atoms with Gasteiger partial charge in [-0.05, 0) is 31.2 Å². The van der Waals surface area contributed by atoms with Gasteiger partial charge in [-0.25, -0.2) is 8.42 Å². The lowest BCUT2D eigenvalue weighted by Crippen LogP contribution is -2.34. The molecule has 0 radical (unpaired) electrons. The molecule has 0 fully saturated rings. The number of sulfonamides is 1. The van der Waals surface area contributed by atoms with Crippen LogP contribution in [0.5, 0.6) is 0 Å². The molecular formula is C18H18N2O2S. The number of rotatable bonds is 6. The summed E-state index contributed by atoms with van der Waals surface area (Å²) in [5, 5.41) is 9.15. The Labute approximate surface area is 137 Å². The van der Waals surface area contributed by atoms with Gasteiger partial charge in [0.15, 0.2) is 0 Å². The number of nitriles is 1. The average molecular weight is 326 g/mol. The summed E-state index contributed by atoms with van der Waals surface area (Å²) in [7, 11) is -3.75. The Morgan fingerprint density at radius 1 is 1.17 bits per heavy atom. The SMILES string of the molecule is C=CC(C#N)CN(c1ccccc1)S(=O)(=O)c1ccc(C)cc1. The van der Waals surface area contributed by atoms with E-state index in [1.165, 1.54) is 10.4 Å². The highest BCUT2D eigenvalue weighted by Crippen LogP contribution is 2.25. The van der Waals surface area contributed by atoms with Crippen molar-refractivity contribution in [1.82, 2.24) is 0 Å². The van der Waals surface area contributed by atoms with Gasteiger partial charge in [0.05, 0.1) is 29.1 Å². The zero-order valence-electron chi connectivity index (χ0n) is 12.9. The van der Waals surface area contributed by atoms with Crippen LogP contribution < -0.4 is 4.31 Å². The third-order valence-electron chi connectivity index (χ3n) is 3.47. The summed E-state index contributed by atoms with van der Waals surface area (Å²) in [5.41, 5.74) is 1.51. The highest BCUT2D eigenvalue weighted by atomic mass is 32.2. The standard InChI is InChI=1S/C18H18N2O2S/c1-3-16(13-19)14-20(17-7-5-4-6-8-17)23(21,22)18-11-9-15(2)10-12-18/h3-12,16H,1,14H2,2H3. The van der Waals surface area contributed by atoms with E-state index in [4.69, 9.17) is 5.26 Å². The fourth-order valence-corrected chi connectivity index (χ4v) is 3.61. The number of anilines is 1. The van der Waals surface area contributed by atoms with Crippen LogP contribution in [0.2, 0.25) is 0 Å². The smallest absolute Gasteiger partial charge is 0.264 e. The van der Waals surface area contributed by atoms with E-state index < -0.39 is 15.9 Å². The lowest BCUT2D eigenvalue weighted by molar-refractivity contribution is 0.588. The van der Waals surface area contributed by atoms with Gasteiger partial charge in [0.1, 0.15) is 0 Å². The first-order chi connectivity index (χ1) is 11.0. The van der Waals surface area contributed by atoms with E-state index in [9.17, 15) is 8.42 Å². The lowest BCUT2D eigenvalue weighted by Gasteiger charge is -2.25. The molecule has 0 bridgehead atoms. The second-order valence-electron chi connectivity index (χ2n) is 5.16. The van der Waals surface area contributed by atoms with Crippen LogP contribution in [0.25, 0.3) is 0 Å². The van der Waals surface area contributed by atoms with Gasteiger partial charge in [-0.15, -0.1) is 6.58 Å². The second-order valence-corrected chi connectivity index (χ2v) is 7.02. The lowest BCUT2D eigenvalue weighted by atomic mass is 10.1. The minimum atomic E-state index is -3.75. The molecule has 1 unspecified atom stereocenters. The van der Waals surface area contributed by atoms with E-state index >= 15 is 0 Å². The first-order valence-electron chi connectivity index (χ1n) is 7.15. The average Bonchev–Trinajstić information content (AvgIpc) is 2.57. The van der Waals surface area contributed by atoms with Crippen molar-refractivity contribution in [2.24, 2.45) is 5.92 Å². The monoisotopic (exact) mass is 326 g/mol. The van der Waals surface area contributed by atoms with Crippen molar-refractivity contribution in [1.29, 1.82) is 5.26 Å². The topological polar surface area (TPSA) is 61.2 Å². The van der Waals surface area contributed by atoms with Gasteiger partial charge < -0.3 is 0 Å². The molecule has 2 aromatic rings. The van der Waals surface area contributed by atoms with E-state index in [1.807, 2.05) is 13.0 Å². The molecule has 0 aromatic heterocycles. The Bertz CT molecular complexity index is 806. The zero-order chi connectivity index (χ0) is 16.9. The van der Waals surface area contributed by atoms with Crippen molar-refractivity contribution in [3.05, 3.63) is 72.8 Å². The van der Waals surface area contributed by atoms with Crippen molar-refractivity contribution in [2.45, 2.75) is 11.8 Å². The van der Waals surface area contributed by atoms with E-state index in [-0.39, 0.29) is 11.4 Å². The first-order valence-corrected chi connectivity index (χ1v) is 8.59. The maximum Gasteiger partial charge on any atom is 0.264 e. The molecule has 0 aliphatic carbocycles. The molecule has 2 rings (SSSR count). The highest BCUT2D eigenvalue weighted by molar-refractivity contribution is 7.92. The predicted octanol–water partition coefficient (Wildman–Crippen LogP) is 3.52. The minimum Gasteiger partial charge on any atom is -0.265 e. The third kappa shape index (κ3) is 3.79. The van der Waals surface area contributed by atoms with Crippen molar-refractivity contribution in [2.75, 3.05) is 10.8 Å².